The quantitative estimate of drug-likeness (QED) is 0.829. The maximum absolute atomic E-state index is 13.4. The summed E-state index contributed by atoms with van der Waals surface area (Å²) < 4.78 is 18.3. The molecule has 4 nitrogen and oxygen atoms in total. The average Bonchev–Trinajstić information content (AvgIpc) is 2.71. The number of imidazole rings is 1. The van der Waals surface area contributed by atoms with E-state index in [4.69, 9.17) is 10.5 Å². The van der Waals surface area contributed by atoms with Gasteiger partial charge in [0.1, 0.15) is 11.3 Å². The van der Waals surface area contributed by atoms with Crippen LogP contribution in [0.1, 0.15) is 18.3 Å². The fourth-order valence-electron chi connectivity index (χ4n) is 1.57. The van der Waals surface area contributed by atoms with Crippen LogP contribution < -0.4 is 5.73 Å². The van der Waals surface area contributed by atoms with E-state index in [2.05, 4.69) is 9.97 Å². The van der Waals surface area contributed by atoms with E-state index in [1.165, 1.54) is 6.07 Å². The molecule has 0 saturated carbocycles. The number of nitrogens with one attached hydrogen (secondary N) is 1. The van der Waals surface area contributed by atoms with Crippen molar-refractivity contribution in [2.45, 2.75) is 12.5 Å². The Bertz CT molecular complexity index is 483. The number of methoxy groups -OCH3 is 1. The maximum Gasteiger partial charge on any atom is 0.151 e. The number of fused-ring (bicyclic) bond motifs is 1. The van der Waals surface area contributed by atoms with Crippen LogP contribution in [0, 0.1) is 5.82 Å². The summed E-state index contributed by atoms with van der Waals surface area (Å²) in [6, 6.07) is 4.54. The lowest BCUT2D eigenvalue weighted by Crippen LogP contribution is -2.14. The average molecular weight is 223 g/mol. The number of para-hydroxylation sites is 1. The van der Waals surface area contributed by atoms with Crippen LogP contribution in [-0.2, 0) is 4.74 Å². The molecule has 0 aliphatic rings. The van der Waals surface area contributed by atoms with Crippen molar-refractivity contribution in [1.82, 2.24) is 9.97 Å². The Hall–Kier alpha value is -1.46. The second-order valence-electron chi connectivity index (χ2n) is 3.65. The number of H-pyrrole nitrogens is 1. The van der Waals surface area contributed by atoms with Crippen LogP contribution in [0.2, 0.25) is 0 Å². The van der Waals surface area contributed by atoms with Gasteiger partial charge in [-0.05, 0) is 18.6 Å². The lowest BCUT2D eigenvalue weighted by molar-refractivity contribution is 0.187. The number of halogens is 1. The topological polar surface area (TPSA) is 63.9 Å². The van der Waals surface area contributed by atoms with Crippen LogP contribution in [0.5, 0.6) is 0 Å². The smallest absolute Gasteiger partial charge is 0.151 e. The first-order valence-electron chi connectivity index (χ1n) is 5.11. The van der Waals surface area contributed by atoms with Gasteiger partial charge in [-0.15, -0.1) is 0 Å². The molecule has 1 aromatic carbocycles. The molecule has 0 aliphatic carbocycles. The monoisotopic (exact) mass is 223 g/mol. The number of benzene rings is 1. The zero-order valence-electron chi connectivity index (χ0n) is 9.03. The Kier molecular flexibility index (Phi) is 3.17. The van der Waals surface area contributed by atoms with E-state index < -0.39 is 0 Å². The molecule has 16 heavy (non-hydrogen) atoms. The zero-order chi connectivity index (χ0) is 11.5. The first-order chi connectivity index (χ1) is 7.72. The van der Waals surface area contributed by atoms with Crippen molar-refractivity contribution in [3.05, 3.63) is 29.8 Å². The van der Waals surface area contributed by atoms with E-state index in [1.807, 2.05) is 0 Å². The molecule has 0 aliphatic heterocycles. The van der Waals surface area contributed by atoms with Crippen molar-refractivity contribution >= 4 is 11.0 Å². The predicted molar refractivity (Wildman–Crippen MR) is 59.5 cm³/mol. The number of ether oxygens (including phenoxy) is 1. The van der Waals surface area contributed by atoms with E-state index >= 15 is 0 Å². The number of hydrogen-bond acceptors (Lipinski definition) is 3. The summed E-state index contributed by atoms with van der Waals surface area (Å²) in [6.07, 6.45) is 0.651. The Morgan fingerprint density at radius 3 is 3.06 bits per heavy atom. The van der Waals surface area contributed by atoms with Gasteiger partial charge in [-0.3, -0.25) is 0 Å². The lowest BCUT2D eigenvalue weighted by atomic mass is 10.2. The minimum atomic E-state index is -0.334. The maximum atomic E-state index is 13.4. The van der Waals surface area contributed by atoms with Gasteiger partial charge in [0.05, 0.1) is 11.6 Å². The van der Waals surface area contributed by atoms with Crippen LogP contribution in [0.4, 0.5) is 4.39 Å². The predicted octanol–water partition coefficient (Wildman–Crippen LogP) is 1.74. The molecule has 86 valence electrons. The fraction of sp³-hybridized carbons (Fsp3) is 0.364. The van der Waals surface area contributed by atoms with E-state index in [1.54, 1.807) is 19.2 Å². The Labute approximate surface area is 92.6 Å². The third kappa shape index (κ3) is 2.05. The highest BCUT2D eigenvalue weighted by Crippen LogP contribution is 2.18. The summed E-state index contributed by atoms with van der Waals surface area (Å²) in [5.41, 5.74) is 6.91. The molecule has 0 saturated heterocycles. The molecule has 1 aromatic heterocycles. The largest absolute Gasteiger partial charge is 0.385 e. The Morgan fingerprint density at radius 2 is 2.38 bits per heavy atom. The second-order valence-corrected chi connectivity index (χ2v) is 3.65. The van der Waals surface area contributed by atoms with Crippen molar-refractivity contribution in [2.24, 2.45) is 5.73 Å². The van der Waals surface area contributed by atoms with E-state index in [0.717, 1.165) is 0 Å². The summed E-state index contributed by atoms with van der Waals surface area (Å²) in [5, 5.41) is 0. The Morgan fingerprint density at radius 1 is 1.56 bits per heavy atom. The molecule has 1 heterocycles. The van der Waals surface area contributed by atoms with Gasteiger partial charge in [-0.25, -0.2) is 9.37 Å². The SMILES string of the molecule is COCCC(N)c1nc2c(F)cccc2[nH]1. The zero-order valence-corrected chi connectivity index (χ0v) is 9.03. The molecule has 2 aromatic rings. The number of rotatable bonds is 4. The third-order valence-electron chi connectivity index (χ3n) is 2.47. The van der Waals surface area contributed by atoms with Gasteiger partial charge in [0.15, 0.2) is 5.82 Å². The summed E-state index contributed by atoms with van der Waals surface area (Å²) in [5.74, 6) is 0.260. The van der Waals surface area contributed by atoms with E-state index in [-0.39, 0.29) is 11.9 Å². The molecule has 0 bridgehead atoms. The van der Waals surface area contributed by atoms with Gasteiger partial charge in [0.25, 0.3) is 0 Å². The fourth-order valence-corrected chi connectivity index (χ4v) is 1.57. The Balaban J connectivity index is 2.29. The highest BCUT2D eigenvalue weighted by molar-refractivity contribution is 5.75. The summed E-state index contributed by atoms with van der Waals surface area (Å²) in [4.78, 5) is 7.17. The van der Waals surface area contributed by atoms with Crippen LogP contribution in [-0.4, -0.2) is 23.7 Å². The summed E-state index contributed by atoms with van der Waals surface area (Å²) in [6.45, 7) is 0.556. The molecule has 0 spiro atoms. The molecule has 0 radical (unpaired) electrons. The number of aromatic amines is 1. The number of aromatic nitrogens is 2. The van der Waals surface area contributed by atoms with Gasteiger partial charge in [0.2, 0.25) is 0 Å². The second kappa shape index (κ2) is 4.59. The van der Waals surface area contributed by atoms with Gasteiger partial charge >= 0.3 is 0 Å². The summed E-state index contributed by atoms with van der Waals surface area (Å²) in [7, 11) is 1.62. The first kappa shape index (κ1) is 11.0. The van der Waals surface area contributed by atoms with Crippen LogP contribution in [0.15, 0.2) is 18.2 Å². The highest BCUT2D eigenvalue weighted by atomic mass is 19.1. The number of hydrogen-bond donors (Lipinski definition) is 2. The third-order valence-corrected chi connectivity index (χ3v) is 2.47. The van der Waals surface area contributed by atoms with Crippen molar-refractivity contribution in [1.29, 1.82) is 0 Å². The number of nitrogens with two attached hydrogens (primary N) is 1. The van der Waals surface area contributed by atoms with Gasteiger partial charge in [-0.1, -0.05) is 6.07 Å². The molecule has 2 rings (SSSR count). The first-order valence-corrected chi connectivity index (χ1v) is 5.11. The van der Waals surface area contributed by atoms with Gasteiger partial charge < -0.3 is 15.5 Å². The standard InChI is InChI=1S/C11H14FN3O/c1-16-6-5-8(13)11-14-9-4-2-3-7(12)10(9)15-11/h2-4,8H,5-6,13H2,1H3,(H,14,15). The van der Waals surface area contributed by atoms with Crippen LogP contribution in [0.25, 0.3) is 11.0 Å². The van der Waals surface area contributed by atoms with Crippen molar-refractivity contribution < 1.29 is 9.13 Å². The van der Waals surface area contributed by atoms with Gasteiger partial charge in [0, 0.05) is 13.7 Å². The highest BCUT2D eigenvalue weighted by Gasteiger charge is 2.12. The summed E-state index contributed by atoms with van der Waals surface area (Å²) >= 11 is 0. The molecular formula is C11H14FN3O. The lowest BCUT2D eigenvalue weighted by Gasteiger charge is -2.06. The molecule has 5 heteroatoms. The molecule has 1 unspecified atom stereocenters. The number of nitrogens with zero attached hydrogens (tertiary/aromatic N) is 1. The van der Waals surface area contributed by atoms with Crippen molar-refractivity contribution in [2.75, 3.05) is 13.7 Å². The van der Waals surface area contributed by atoms with E-state index in [0.29, 0.717) is 29.9 Å². The van der Waals surface area contributed by atoms with Crippen molar-refractivity contribution in [3.8, 4) is 0 Å². The molecule has 3 N–H and O–H groups in total. The molecule has 0 amide bonds. The van der Waals surface area contributed by atoms with Crippen LogP contribution >= 0.6 is 0 Å². The molecule has 0 fully saturated rings. The molecule has 1 atom stereocenters. The molecular weight excluding hydrogens is 209 g/mol. The van der Waals surface area contributed by atoms with E-state index in [9.17, 15) is 4.39 Å². The van der Waals surface area contributed by atoms with Crippen LogP contribution in [0.3, 0.4) is 0 Å². The minimum absolute atomic E-state index is 0.258. The van der Waals surface area contributed by atoms with Crippen molar-refractivity contribution in [3.63, 3.8) is 0 Å². The van der Waals surface area contributed by atoms with Gasteiger partial charge in [-0.2, -0.15) is 0 Å². The minimum Gasteiger partial charge on any atom is -0.385 e. The normalized spacial score (nSPS) is 13.2.